The van der Waals surface area contributed by atoms with E-state index in [1.165, 1.54) is 14.2 Å². The molecule has 0 bridgehead atoms. The summed E-state index contributed by atoms with van der Waals surface area (Å²) in [6, 6.07) is 9.29. The van der Waals surface area contributed by atoms with Crippen LogP contribution in [0.25, 0.3) is 10.9 Å². The monoisotopic (exact) mass is 358 g/mol. The molecule has 6 heteroatoms. The van der Waals surface area contributed by atoms with Gasteiger partial charge in [-0.15, -0.1) is 0 Å². The second-order valence-corrected chi connectivity index (χ2v) is 6.22. The van der Waals surface area contributed by atoms with Crippen molar-refractivity contribution in [2.24, 2.45) is 0 Å². The molecule has 0 saturated heterocycles. The molecular weight excluding hydrogens is 340 g/mol. The Bertz CT molecular complexity index is 963. The Labute approximate surface area is 150 Å². The highest BCUT2D eigenvalue weighted by Gasteiger charge is 2.18. The maximum absolute atomic E-state index is 12.8. The Hall–Kier alpha value is -2.66. The topological polar surface area (TPSA) is 63.3 Å². The Balaban J connectivity index is 1.99. The molecule has 1 aromatic heterocycles. The van der Waals surface area contributed by atoms with Crippen LogP contribution < -0.4 is 14.8 Å². The van der Waals surface area contributed by atoms with Gasteiger partial charge in [0.2, 0.25) is 0 Å². The molecule has 2 aromatic carbocycles. The van der Waals surface area contributed by atoms with Crippen molar-refractivity contribution in [1.29, 1.82) is 0 Å². The predicted octanol–water partition coefficient (Wildman–Crippen LogP) is 4.71. The zero-order valence-corrected chi connectivity index (χ0v) is 15.2. The van der Waals surface area contributed by atoms with E-state index in [-0.39, 0.29) is 5.91 Å². The molecule has 0 unspecified atom stereocenters. The molecule has 0 aliphatic rings. The molecule has 0 atom stereocenters. The van der Waals surface area contributed by atoms with E-state index in [2.05, 4.69) is 16.4 Å². The maximum Gasteiger partial charge on any atom is 0.272 e. The van der Waals surface area contributed by atoms with Crippen LogP contribution in [0.2, 0.25) is 5.02 Å². The fourth-order valence-electron chi connectivity index (χ4n) is 2.81. The lowest BCUT2D eigenvalue weighted by Crippen LogP contribution is -2.14. The first kappa shape index (κ1) is 17.2. The lowest BCUT2D eigenvalue weighted by atomic mass is 10.1. The third kappa shape index (κ3) is 3.15. The SMILES string of the molecule is COc1cc(NC(=O)c2[nH]c3ccc(C)cc3c2C)c(OC)cc1Cl. The number of H-pyrrole nitrogens is 1. The molecule has 1 heterocycles. The summed E-state index contributed by atoms with van der Waals surface area (Å²) in [7, 11) is 3.04. The van der Waals surface area contributed by atoms with Crippen molar-refractivity contribution in [3.63, 3.8) is 0 Å². The van der Waals surface area contributed by atoms with E-state index in [4.69, 9.17) is 21.1 Å². The van der Waals surface area contributed by atoms with Crippen molar-refractivity contribution >= 4 is 34.1 Å². The van der Waals surface area contributed by atoms with Crippen LogP contribution in [0.4, 0.5) is 5.69 Å². The summed E-state index contributed by atoms with van der Waals surface area (Å²) in [5, 5.41) is 4.31. The normalized spacial score (nSPS) is 10.8. The molecular formula is C19H19ClN2O3. The van der Waals surface area contributed by atoms with Crippen LogP contribution in [0.15, 0.2) is 30.3 Å². The molecule has 3 rings (SSSR count). The van der Waals surface area contributed by atoms with Gasteiger partial charge in [0.05, 0.1) is 24.9 Å². The molecule has 2 N–H and O–H groups in total. The third-order valence-corrected chi connectivity index (χ3v) is 4.46. The highest BCUT2D eigenvalue weighted by atomic mass is 35.5. The number of ether oxygens (including phenoxy) is 2. The molecule has 5 nitrogen and oxygen atoms in total. The van der Waals surface area contributed by atoms with Crippen LogP contribution in [-0.4, -0.2) is 25.1 Å². The molecule has 0 spiro atoms. The van der Waals surface area contributed by atoms with Crippen molar-refractivity contribution in [3.8, 4) is 11.5 Å². The maximum atomic E-state index is 12.8. The van der Waals surface area contributed by atoms with Crippen LogP contribution in [-0.2, 0) is 0 Å². The van der Waals surface area contributed by atoms with Gasteiger partial charge in [0.15, 0.2) is 0 Å². The molecule has 0 fully saturated rings. The number of hydrogen-bond donors (Lipinski definition) is 2. The third-order valence-electron chi connectivity index (χ3n) is 4.16. The number of carbonyl (C=O) groups excluding carboxylic acids is 1. The number of hydrogen-bond acceptors (Lipinski definition) is 3. The summed E-state index contributed by atoms with van der Waals surface area (Å²) in [5.41, 5.74) is 3.97. The molecule has 0 aliphatic carbocycles. The minimum absolute atomic E-state index is 0.256. The summed E-state index contributed by atoms with van der Waals surface area (Å²) < 4.78 is 10.5. The number of rotatable bonds is 4. The zero-order chi connectivity index (χ0) is 18.1. The number of aromatic amines is 1. The van der Waals surface area contributed by atoms with E-state index in [1.807, 2.05) is 26.0 Å². The number of amides is 1. The van der Waals surface area contributed by atoms with Gasteiger partial charge in [0.1, 0.15) is 17.2 Å². The standard InChI is InChI=1S/C19H19ClN2O3/c1-10-5-6-14-12(7-10)11(2)18(21-14)19(23)22-15-9-16(24-3)13(20)8-17(15)25-4/h5-9,21H,1-4H3,(H,22,23). The van der Waals surface area contributed by atoms with Crippen molar-refractivity contribution in [3.05, 3.63) is 52.2 Å². The van der Waals surface area contributed by atoms with Gasteiger partial charge in [-0.2, -0.15) is 0 Å². The molecule has 1 amide bonds. The fraction of sp³-hybridized carbons (Fsp3) is 0.211. The highest BCUT2D eigenvalue weighted by molar-refractivity contribution is 6.32. The zero-order valence-electron chi connectivity index (χ0n) is 14.5. The van der Waals surface area contributed by atoms with Crippen LogP contribution in [0.5, 0.6) is 11.5 Å². The highest BCUT2D eigenvalue weighted by Crippen LogP contribution is 2.36. The summed E-state index contributed by atoms with van der Waals surface area (Å²) in [5.74, 6) is 0.666. The van der Waals surface area contributed by atoms with Gasteiger partial charge in [0.25, 0.3) is 5.91 Å². The lowest BCUT2D eigenvalue weighted by molar-refractivity contribution is 0.102. The smallest absolute Gasteiger partial charge is 0.272 e. The van der Waals surface area contributed by atoms with Crippen LogP contribution in [0.1, 0.15) is 21.6 Å². The van der Waals surface area contributed by atoms with Crippen molar-refractivity contribution in [2.45, 2.75) is 13.8 Å². The van der Waals surface area contributed by atoms with Crippen LogP contribution in [0, 0.1) is 13.8 Å². The van der Waals surface area contributed by atoms with E-state index < -0.39 is 0 Å². The second kappa shape index (κ2) is 6.69. The van der Waals surface area contributed by atoms with Crippen molar-refractivity contribution in [1.82, 2.24) is 4.98 Å². The van der Waals surface area contributed by atoms with Gasteiger partial charge in [-0.05, 0) is 31.5 Å². The Morgan fingerprint density at radius 1 is 1.08 bits per heavy atom. The number of carbonyl (C=O) groups is 1. The average molecular weight is 359 g/mol. The molecule has 25 heavy (non-hydrogen) atoms. The Morgan fingerprint density at radius 3 is 2.48 bits per heavy atom. The summed E-state index contributed by atoms with van der Waals surface area (Å²) in [6.07, 6.45) is 0. The summed E-state index contributed by atoms with van der Waals surface area (Å²) >= 11 is 6.10. The number of methoxy groups -OCH3 is 2. The largest absolute Gasteiger partial charge is 0.495 e. The van der Waals surface area contributed by atoms with Crippen LogP contribution in [0.3, 0.4) is 0 Å². The number of benzene rings is 2. The van der Waals surface area contributed by atoms with Crippen molar-refractivity contribution < 1.29 is 14.3 Å². The van der Waals surface area contributed by atoms with Gasteiger partial charge < -0.3 is 19.8 Å². The summed E-state index contributed by atoms with van der Waals surface area (Å²) in [4.78, 5) is 15.9. The van der Waals surface area contributed by atoms with E-state index in [0.717, 1.165) is 22.0 Å². The number of aromatic nitrogens is 1. The quantitative estimate of drug-likeness (QED) is 0.710. The first-order valence-electron chi connectivity index (χ1n) is 7.76. The minimum Gasteiger partial charge on any atom is -0.495 e. The summed E-state index contributed by atoms with van der Waals surface area (Å²) in [6.45, 7) is 3.95. The van der Waals surface area contributed by atoms with Crippen LogP contribution >= 0.6 is 11.6 Å². The number of anilines is 1. The Kier molecular flexibility index (Phi) is 4.59. The number of halogens is 1. The number of nitrogens with one attached hydrogen (secondary N) is 2. The number of aryl methyl sites for hydroxylation is 2. The predicted molar refractivity (Wildman–Crippen MR) is 100 cm³/mol. The van der Waals surface area contributed by atoms with Gasteiger partial charge in [-0.25, -0.2) is 0 Å². The first-order chi connectivity index (χ1) is 11.9. The minimum atomic E-state index is -0.256. The molecule has 3 aromatic rings. The molecule has 130 valence electrons. The van der Waals surface area contributed by atoms with E-state index in [1.54, 1.807) is 12.1 Å². The first-order valence-corrected chi connectivity index (χ1v) is 8.14. The van der Waals surface area contributed by atoms with Gasteiger partial charge in [0, 0.05) is 23.0 Å². The van der Waals surface area contributed by atoms with Gasteiger partial charge in [-0.3, -0.25) is 4.79 Å². The lowest BCUT2D eigenvalue weighted by Gasteiger charge is -2.13. The van der Waals surface area contributed by atoms with Gasteiger partial charge in [-0.1, -0.05) is 23.2 Å². The average Bonchev–Trinajstić information content (AvgIpc) is 2.92. The van der Waals surface area contributed by atoms with E-state index >= 15 is 0 Å². The van der Waals surface area contributed by atoms with Crippen molar-refractivity contribution in [2.75, 3.05) is 19.5 Å². The molecule has 0 saturated carbocycles. The second-order valence-electron chi connectivity index (χ2n) is 5.82. The molecule has 0 radical (unpaired) electrons. The number of fused-ring (bicyclic) bond motifs is 1. The fourth-order valence-corrected chi connectivity index (χ4v) is 3.04. The van der Waals surface area contributed by atoms with E-state index in [9.17, 15) is 4.79 Å². The van der Waals surface area contributed by atoms with E-state index in [0.29, 0.717) is 27.9 Å². The Morgan fingerprint density at radius 2 is 1.80 bits per heavy atom. The van der Waals surface area contributed by atoms with Gasteiger partial charge >= 0.3 is 0 Å². The molecule has 0 aliphatic heterocycles.